The van der Waals surface area contributed by atoms with Gasteiger partial charge in [-0.3, -0.25) is 19.8 Å². The second-order valence-corrected chi connectivity index (χ2v) is 8.04. The van der Waals surface area contributed by atoms with E-state index < -0.39 is 17.5 Å². The summed E-state index contributed by atoms with van der Waals surface area (Å²) in [5, 5.41) is 15.5. The van der Waals surface area contributed by atoms with Crippen LogP contribution in [0.5, 0.6) is 11.5 Å². The van der Waals surface area contributed by atoms with Gasteiger partial charge < -0.3 is 14.8 Å². The minimum Gasteiger partial charge on any atom is -0.493 e. The number of fused-ring (bicyclic) bond motifs is 4. The lowest BCUT2D eigenvalue weighted by molar-refractivity contribution is -0.534. The quantitative estimate of drug-likeness (QED) is 0.617. The third-order valence-electron chi connectivity index (χ3n) is 6.89. The van der Waals surface area contributed by atoms with Crippen molar-refractivity contribution in [3.8, 4) is 11.5 Å². The van der Waals surface area contributed by atoms with Crippen LogP contribution in [0.15, 0.2) is 42.5 Å². The van der Waals surface area contributed by atoms with Gasteiger partial charge in [0.05, 0.1) is 20.1 Å². The van der Waals surface area contributed by atoms with Gasteiger partial charge in [-0.1, -0.05) is 24.3 Å². The average molecular weight is 409 g/mol. The molecule has 3 aliphatic rings. The number of benzene rings is 2. The van der Waals surface area contributed by atoms with E-state index in [2.05, 4.69) is 10.2 Å². The van der Waals surface area contributed by atoms with Gasteiger partial charge in [0.15, 0.2) is 17.0 Å². The van der Waals surface area contributed by atoms with Crippen LogP contribution in [-0.2, 0) is 10.3 Å². The number of nitrogens with one attached hydrogen (secondary N) is 1. The number of nitrogens with zero attached hydrogens (tertiary/aromatic N) is 2. The Bertz CT molecular complexity index is 1040. The molecule has 4 atom stereocenters. The minimum absolute atomic E-state index is 0.101. The van der Waals surface area contributed by atoms with E-state index in [4.69, 9.17) is 9.47 Å². The lowest BCUT2D eigenvalue weighted by Crippen LogP contribution is -2.55. The Balaban J connectivity index is 1.73. The highest BCUT2D eigenvalue weighted by atomic mass is 16.6. The standard InChI is InChI=1S/C22H23N3O5/c1-29-17-10-9-13(12-18(17)30-2)19-16-8-5-11-24(16)22(20(19)25(27)28)14-6-3-4-7-15(14)23-21(22)26/h3-4,6-7,9-10,12,16,19-20H,5,8,11H2,1-2H3,(H,23,26)/t16-,19+,20-,22-/m0/s1. The smallest absolute Gasteiger partial charge is 0.256 e. The van der Waals surface area contributed by atoms with E-state index in [0.29, 0.717) is 29.3 Å². The van der Waals surface area contributed by atoms with Crippen LogP contribution in [0, 0.1) is 10.1 Å². The van der Waals surface area contributed by atoms with Crippen molar-refractivity contribution in [2.45, 2.75) is 36.4 Å². The molecular weight excluding hydrogens is 386 g/mol. The number of ether oxygens (including phenoxy) is 2. The van der Waals surface area contributed by atoms with Crippen molar-refractivity contribution in [3.05, 3.63) is 63.7 Å². The van der Waals surface area contributed by atoms with Gasteiger partial charge in [0.25, 0.3) is 11.9 Å². The van der Waals surface area contributed by atoms with Crippen LogP contribution >= 0.6 is 0 Å². The number of anilines is 1. The lowest BCUT2D eigenvalue weighted by Gasteiger charge is -2.32. The van der Waals surface area contributed by atoms with E-state index in [9.17, 15) is 14.9 Å². The van der Waals surface area contributed by atoms with Crippen LogP contribution in [0.4, 0.5) is 5.69 Å². The first-order chi connectivity index (χ1) is 14.5. The third kappa shape index (κ3) is 2.28. The fourth-order valence-electron chi connectivity index (χ4n) is 5.84. The molecule has 8 nitrogen and oxygen atoms in total. The zero-order chi connectivity index (χ0) is 21.0. The van der Waals surface area contributed by atoms with Crippen LogP contribution in [0.2, 0.25) is 0 Å². The van der Waals surface area contributed by atoms with Crippen LogP contribution in [-0.4, -0.2) is 48.6 Å². The molecule has 0 aromatic heterocycles. The number of nitro groups is 1. The normalized spacial score (nSPS) is 29.5. The van der Waals surface area contributed by atoms with Crippen molar-refractivity contribution in [3.63, 3.8) is 0 Å². The van der Waals surface area contributed by atoms with Crippen molar-refractivity contribution >= 4 is 11.6 Å². The molecule has 2 fully saturated rings. The monoisotopic (exact) mass is 409 g/mol. The molecule has 0 aliphatic carbocycles. The maximum atomic E-state index is 13.4. The Kier molecular flexibility index (Phi) is 4.21. The summed E-state index contributed by atoms with van der Waals surface area (Å²) in [5.41, 5.74) is 0.846. The molecule has 0 saturated carbocycles. The molecule has 3 aliphatic heterocycles. The summed E-state index contributed by atoms with van der Waals surface area (Å²) < 4.78 is 10.8. The van der Waals surface area contributed by atoms with E-state index in [-0.39, 0.29) is 16.9 Å². The van der Waals surface area contributed by atoms with Crippen LogP contribution in [0.3, 0.4) is 0 Å². The van der Waals surface area contributed by atoms with E-state index in [1.54, 1.807) is 20.3 Å². The first-order valence-corrected chi connectivity index (χ1v) is 10.1. The van der Waals surface area contributed by atoms with Crippen molar-refractivity contribution in [2.75, 3.05) is 26.1 Å². The Morgan fingerprint density at radius 1 is 1.17 bits per heavy atom. The van der Waals surface area contributed by atoms with Crippen LogP contribution < -0.4 is 14.8 Å². The molecule has 3 heterocycles. The number of carbonyl (C=O) groups is 1. The topological polar surface area (TPSA) is 93.9 Å². The summed E-state index contributed by atoms with van der Waals surface area (Å²) in [6.45, 7) is 0.653. The van der Waals surface area contributed by atoms with Gasteiger partial charge in [0, 0.05) is 28.8 Å². The molecule has 0 unspecified atom stereocenters. The maximum Gasteiger partial charge on any atom is 0.256 e. The Hall–Kier alpha value is -3.13. The number of hydrogen-bond acceptors (Lipinski definition) is 6. The summed E-state index contributed by atoms with van der Waals surface area (Å²) >= 11 is 0. The number of amides is 1. The molecule has 2 saturated heterocycles. The molecule has 0 bridgehead atoms. The SMILES string of the molecule is COc1ccc([C@H]2[C@H]([N+](=O)[O-])[C@@]3(C(=O)Nc4ccccc43)N3CCC[C@@H]23)cc1OC. The maximum absolute atomic E-state index is 13.4. The molecule has 1 N–H and O–H groups in total. The predicted octanol–water partition coefficient (Wildman–Crippen LogP) is 2.76. The van der Waals surface area contributed by atoms with E-state index in [0.717, 1.165) is 18.4 Å². The van der Waals surface area contributed by atoms with Crippen LogP contribution in [0.1, 0.15) is 29.9 Å². The van der Waals surface area contributed by atoms with Gasteiger partial charge in [0.2, 0.25) is 0 Å². The van der Waals surface area contributed by atoms with Crippen molar-refractivity contribution in [1.82, 2.24) is 4.90 Å². The number of hydrogen-bond donors (Lipinski definition) is 1. The van der Waals surface area contributed by atoms with Gasteiger partial charge in [-0.15, -0.1) is 0 Å². The fraction of sp³-hybridized carbons (Fsp3) is 0.409. The number of carbonyl (C=O) groups excluding carboxylic acids is 1. The third-order valence-corrected chi connectivity index (χ3v) is 6.89. The fourth-order valence-corrected chi connectivity index (χ4v) is 5.84. The molecule has 30 heavy (non-hydrogen) atoms. The highest BCUT2D eigenvalue weighted by molar-refractivity contribution is 6.07. The Labute approximate surface area is 173 Å². The zero-order valence-corrected chi connectivity index (χ0v) is 16.8. The molecule has 1 spiro atoms. The van der Waals surface area contributed by atoms with Crippen molar-refractivity contribution < 1.29 is 19.2 Å². The molecule has 0 radical (unpaired) electrons. The van der Waals surface area contributed by atoms with Crippen molar-refractivity contribution in [2.24, 2.45) is 0 Å². The minimum atomic E-state index is -1.31. The lowest BCUT2D eigenvalue weighted by atomic mass is 9.77. The van der Waals surface area contributed by atoms with Crippen molar-refractivity contribution in [1.29, 1.82) is 0 Å². The summed E-state index contributed by atoms with van der Waals surface area (Å²) in [5.74, 6) is 0.345. The molecular formula is C22H23N3O5. The van der Waals surface area contributed by atoms with Gasteiger partial charge in [-0.05, 0) is 36.6 Å². The Morgan fingerprint density at radius 3 is 2.67 bits per heavy atom. The molecule has 2 aromatic carbocycles. The summed E-state index contributed by atoms with van der Waals surface area (Å²) in [7, 11) is 3.10. The van der Waals surface area contributed by atoms with Crippen LogP contribution in [0.25, 0.3) is 0 Å². The Morgan fingerprint density at radius 2 is 1.93 bits per heavy atom. The summed E-state index contributed by atoms with van der Waals surface area (Å²) in [6.07, 6.45) is 1.70. The van der Waals surface area contributed by atoms with Gasteiger partial charge in [-0.2, -0.15) is 0 Å². The van der Waals surface area contributed by atoms with Gasteiger partial charge in [0.1, 0.15) is 0 Å². The largest absolute Gasteiger partial charge is 0.493 e. The highest BCUT2D eigenvalue weighted by Gasteiger charge is 2.73. The number of para-hydroxylation sites is 1. The molecule has 156 valence electrons. The zero-order valence-electron chi connectivity index (χ0n) is 16.8. The summed E-state index contributed by atoms with van der Waals surface area (Å²) in [6, 6.07) is 11.6. The van der Waals surface area contributed by atoms with Gasteiger partial charge >= 0.3 is 0 Å². The molecule has 8 heteroatoms. The molecule has 1 amide bonds. The molecule has 5 rings (SSSR count). The second-order valence-electron chi connectivity index (χ2n) is 8.04. The van der Waals surface area contributed by atoms with E-state index >= 15 is 0 Å². The molecule has 2 aromatic rings. The average Bonchev–Trinajstić information content (AvgIpc) is 3.41. The number of rotatable bonds is 4. The van der Waals surface area contributed by atoms with E-state index in [1.165, 1.54) is 0 Å². The first-order valence-electron chi connectivity index (χ1n) is 10.1. The van der Waals surface area contributed by atoms with E-state index in [1.807, 2.05) is 36.4 Å². The van der Waals surface area contributed by atoms with Gasteiger partial charge in [-0.25, -0.2) is 0 Å². The first kappa shape index (κ1) is 18.9. The number of methoxy groups -OCH3 is 2. The highest BCUT2D eigenvalue weighted by Crippen LogP contribution is 2.58. The predicted molar refractivity (Wildman–Crippen MR) is 110 cm³/mol. The summed E-state index contributed by atoms with van der Waals surface area (Å²) in [4.78, 5) is 27.8. The second kappa shape index (κ2) is 6.70.